The number of hydrogen-bond donors (Lipinski definition) is 1. The molecule has 7 nitrogen and oxygen atoms in total. The fourth-order valence-electron chi connectivity index (χ4n) is 3.19. The number of rotatable bonds is 9. The molecule has 0 radical (unpaired) electrons. The molecule has 0 saturated heterocycles. The maximum Gasteiger partial charge on any atom is 0.343 e. The quantitative estimate of drug-likeness (QED) is 0.130. The van der Waals surface area contributed by atoms with Gasteiger partial charge in [-0.1, -0.05) is 23.7 Å². The Bertz CT molecular complexity index is 1370. The van der Waals surface area contributed by atoms with Gasteiger partial charge >= 0.3 is 5.97 Å². The third-order valence-electron chi connectivity index (χ3n) is 5.23. The van der Waals surface area contributed by atoms with Gasteiger partial charge in [0, 0.05) is 10.6 Å². The highest BCUT2D eigenvalue weighted by Gasteiger charge is 2.09. The van der Waals surface area contributed by atoms with Crippen molar-refractivity contribution >= 4 is 29.7 Å². The number of amides is 1. The van der Waals surface area contributed by atoms with Crippen LogP contribution in [0.2, 0.25) is 5.02 Å². The number of carbonyl (C=O) groups excluding carboxylic acids is 2. The molecule has 186 valence electrons. The molecule has 0 aliphatic rings. The van der Waals surface area contributed by atoms with Crippen molar-refractivity contribution in [3.63, 3.8) is 0 Å². The lowest BCUT2D eigenvalue weighted by Crippen LogP contribution is -2.17. The maximum atomic E-state index is 12.4. The van der Waals surface area contributed by atoms with E-state index in [4.69, 9.17) is 25.8 Å². The summed E-state index contributed by atoms with van der Waals surface area (Å²) in [7, 11) is 1.56. The second-order valence-corrected chi connectivity index (χ2v) is 8.26. The number of hydrazone groups is 1. The van der Waals surface area contributed by atoms with E-state index < -0.39 is 5.97 Å². The Morgan fingerprint density at radius 3 is 2.03 bits per heavy atom. The van der Waals surface area contributed by atoms with E-state index in [2.05, 4.69) is 10.5 Å². The Morgan fingerprint density at radius 1 is 0.784 bits per heavy atom. The van der Waals surface area contributed by atoms with Crippen molar-refractivity contribution in [1.29, 1.82) is 0 Å². The van der Waals surface area contributed by atoms with Crippen LogP contribution in [0.5, 0.6) is 17.2 Å². The highest BCUT2D eigenvalue weighted by atomic mass is 35.5. The van der Waals surface area contributed by atoms with Gasteiger partial charge in [-0.15, -0.1) is 0 Å². The Balaban J connectivity index is 1.25. The smallest absolute Gasteiger partial charge is 0.343 e. The van der Waals surface area contributed by atoms with Gasteiger partial charge in [-0.2, -0.15) is 5.10 Å². The first-order valence-corrected chi connectivity index (χ1v) is 11.6. The third kappa shape index (κ3) is 7.43. The summed E-state index contributed by atoms with van der Waals surface area (Å²) in [6.45, 7) is 0.395. The number of nitrogens with one attached hydrogen (secondary N) is 1. The monoisotopic (exact) mass is 514 g/mol. The SMILES string of the molecule is COc1ccc(C(=O)Oc2ccc(/C=N\NC(=O)c3ccc(OCc4ccc(Cl)cc4)cc3)cc2)cc1. The molecule has 0 aromatic heterocycles. The summed E-state index contributed by atoms with van der Waals surface area (Å²) < 4.78 is 16.2. The van der Waals surface area contributed by atoms with Crippen molar-refractivity contribution in [3.8, 4) is 17.2 Å². The molecule has 8 heteroatoms. The molecule has 0 aliphatic heterocycles. The van der Waals surface area contributed by atoms with E-state index in [1.54, 1.807) is 92.0 Å². The molecule has 0 bridgehead atoms. The lowest BCUT2D eigenvalue weighted by Gasteiger charge is -2.07. The van der Waals surface area contributed by atoms with Gasteiger partial charge in [-0.3, -0.25) is 4.79 Å². The Hall–Kier alpha value is -4.62. The van der Waals surface area contributed by atoms with E-state index >= 15 is 0 Å². The van der Waals surface area contributed by atoms with Gasteiger partial charge in [0.15, 0.2) is 0 Å². The molecule has 0 heterocycles. The lowest BCUT2D eigenvalue weighted by atomic mass is 10.2. The first-order chi connectivity index (χ1) is 18.0. The highest BCUT2D eigenvalue weighted by Crippen LogP contribution is 2.17. The van der Waals surface area contributed by atoms with Crippen molar-refractivity contribution in [2.75, 3.05) is 7.11 Å². The van der Waals surface area contributed by atoms with Crippen LogP contribution in [0.3, 0.4) is 0 Å². The number of ether oxygens (including phenoxy) is 3. The van der Waals surface area contributed by atoms with Gasteiger partial charge < -0.3 is 14.2 Å². The van der Waals surface area contributed by atoms with Crippen LogP contribution < -0.4 is 19.6 Å². The van der Waals surface area contributed by atoms with Crippen LogP contribution in [0.4, 0.5) is 0 Å². The molecule has 0 unspecified atom stereocenters. The normalized spacial score (nSPS) is 10.6. The number of benzene rings is 4. The minimum Gasteiger partial charge on any atom is -0.497 e. The second kappa shape index (κ2) is 12.4. The number of methoxy groups -OCH3 is 1. The summed E-state index contributed by atoms with van der Waals surface area (Å²) in [5, 5.41) is 4.66. The van der Waals surface area contributed by atoms with Gasteiger partial charge in [0.05, 0.1) is 18.9 Å². The molecular weight excluding hydrogens is 492 g/mol. The Labute approximate surface area is 219 Å². The van der Waals surface area contributed by atoms with E-state index in [-0.39, 0.29) is 5.91 Å². The van der Waals surface area contributed by atoms with Crippen molar-refractivity contribution in [3.05, 3.63) is 124 Å². The zero-order chi connectivity index (χ0) is 26.0. The summed E-state index contributed by atoms with van der Waals surface area (Å²) in [6.07, 6.45) is 1.50. The van der Waals surface area contributed by atoms with Crippen LogP contribution >= 0.6 is 11.6 Å². The number of hydrogen-bond acceptors (Lipinski definition) is 6. The van der Waals surface area contributed by atoms with E-state index in [0.717, 1.165) is 11.1 Å². The van der Waals surface area contributed by atoms with E-state index in [1.165, 1.54) is 6.21 Å². The number of halogens is 1. The van der Waals surface area contributed by atoms with Gasteiger partial charge in [-0.05, 0) is 96.1 Å². The third-order valence-corrected chi connectivity index (χ3v) is 5.48. The summed E-state index contributed by atoms with van der Waals surface area (Å²) in [5.74, 6) is 0.856. The molecule has 0 aliphatic carbocycles. The highest BCUT2D eigenvalue weighted by molar-refractivity contribution is 6.30. The van der Waals surface area contributed by atoms with Crippen molar-refractivity contribution in [2.45, 2.75) is 6.61 Å². The number of carbonyl (C=O) groups is 2. The van der Waals surface area contributed by atoms with Crippen LogP contribution in [0.15, 0.2) is 102 Å². The van der Waals surface area contributed by atoms with Crippen LogP contribution in [-0.4, -0.2) is 25.2 Å². The zero-order valence-electron chi connectivity index (χ0n) is 19.9. The van der Waals surface area contributed by atoms with Gasteiger partial charge in [0.25, 0.3) is 5.91 Å². The van der Waals surface area contributed by atoms with Crippen LogP contribution in [0.1, 0.15) is 31.8 Å². The Kier molecular flexibility index (Phi) is 8.52. The molecule has 0 spiro atoms. The molecule has 1 N–H and O–H groups in total. The van der Waals surface area contributed by atoms with Gasteiger partial charge in [0.1, 0.15) is 23.9 Å². The predicted octanol–water partition coefficient (Wildman–Crippen LogP) is 5.91. The Morgan fingerprint density at radius 2 is 1.38 bits per heavy atom. The average molecular weight is 515 g/mol. The molecule has 0 fully saturated rings. The molecule has 4 aromatic rings. The van der Waals surface area contributed by atoms with Crippen LogP contribution in [0, 0.1) is 0 Å². The van der Waals surface area contributed by atoms with Crippen molar-refractivity contribution < 1.29 is 23.8 Å². The summed E-state index contributed by atoms with van der Waals surface area (Å²) in [5.41, 5.74) is 5.05. The topological polar surface area (TPSA) is 86.2 Å². The van der Waals surface area contributed by atoms with Gasteiger partial charge in [-0.25, -0.2) is 10.2 Å². The fourth-order valence-corrected chi connectivity index (χ4v) is 3.32. The molecule has 0 saturated carbocycles. The zero-order valence-corrected chi connectivity index (χ0v) is 20.6. The minimum atomic E-state index is -0.474. The van der Waals surface area contributed by atoms with E-state index in [9.17, 15) is 9.59 Å². The number of nitrogens with zero attached hydrogens (tertiary/aromatic N) is 1. The van der Waals surface area contributed by atoms with Crippen molar-refractivity contribution in [1.82, 2.24) is 5.43 Å². The summed E-state index contributed by atoms with van der Waals surface area (Å²) in [4.78, 5) is 24.6. The lowest BCUT2D eigenvalue weighted by molar-refractivity contribution is 0.0734. The van der Waals surface area contributed by atoms with Crippen LogP contribution in [-0.2, 0) is 6.61 Å². The largest absolute Gasteiger partial charge is 0.497 e. The standard InChI is InChI=1S/C29H23ClN2O5/c1-35-25-14-8-23(9-15-25)29(34)37-27-12-4-20(5-13-27)18-31-32-28(33)22-6-16-26(17-7-22)36-19-21-2-10-24(30)11-3-21/h2-18H,19H2,1H3,(H,32,33)/b31-18-. The summed E-state index contributed by atoms with van der Waals surface area (Å²) in [6, 6.07) is 27.5. The molecule has 4 aromatic carbocycles. The van der Waals surface area contributed by atoms with Crippen molar-refractivity contribution in [2.24, 2.45) is 5.10 Å². The minimum absolute atomic E-state index is 0.356. The average Bonchev–Trinajstić information content (AvgIpc) is 2.94. The van der Waals surface area contributed by atoms with Gasteiger partial charge in [0.2, 0.25) is 0 Å². The molecular formula is C29H23ClN2O5. The molecule has 37 heavy (non-hydrogen) atoms. The number of esters is 1. The first-order valence-electron chi connectivity index (χ1n) is 11.3. The predicted molar refractivity (Wildman–Crippen MR) is 142 cm³/mol. The molecule has 4 rings (SSSR count). The summed E-state index contributed by atoms with van der Waals surface area (Å²) >= 11 is 5.89. The maximum absolute atomic E-state index is 12.4. The fraction of sp³-hybridized carbons (Fsp3) is 0.0690. The van der Waals surface area contributed by atoms with E-state index in [1.807, 2.05) is 12.1 Å². The molecule has 0 atom stereocenters. The first kappa shape index (κ1) is 25.5. The van der Waals surface area contributed by atoms with Crippen LogP contribution in [0.25, 0.3) is 0 Å². The molecule has 1 amide bonds. The second-order valence-electron chi connectivity index (χ2n) is 7.83. The van der Waals surface area contributed by atoms with E-state index in [0.29, 0.717) is 40.0 Å².